The van der Waals surface area contributed by atoms with Gasteiger partial charge in [-0.3, -0.25) is 4.79 Å². The minimum Gasteiger partial charge on any atom is -0.437 e. The number of hydrogen-bond donors (Lipinski definition) is 1. The van der Waals surface area contributed by atoms with Crippen LogP contribution in [0.3, 0.4) is 0 Å². The van der Waals surface area contributed by atoms with Gasteiger partial charge in [0.2, 0.25) is 0 Å². The van der Waals surface area contributed by atoms with Gasteiger partial charge < -0.3 is 9.83 Å². The van der Waals surface area contributed by atoms with Gasteiger partial charge in [-0.1, -0.05) is 0 Å². The Hall–Kier alpha value is -1.25. The van der Waals surface area contributed by atoms with Gasteiger partial charge in [0.15, 0.2) is 15.6 Å². The van der Waals surface area contributed by atoms with Gasteiger partial charge in [-0.25, -0.2) is 12.8 Å². The molecule has 120 valence electrons. The van der Waals surface area contributed by atoms with Crippen molar-refractivity contribution in [2.75, 3.05) is 13.1 Å². The van der Waals surface area contributed by atoms with Gasteiger partial charge in [-0.15, -0.1) is 0 Å². The fourth-order valence-electron chi connectivity index (χ4n) is 2.91. The van der Waals surface area contributed by atoms with Crippen molar-refractivity contribution in [1.82, 2.24) is 4.81 Å². The summed E-state index contributed by atoms with van der Waals surface area (Å²) in [5.74, 6) is -0.943. The lowest BCUT2D eigenvalue weighted by atomic mass is 9.80. The van der Waals surface area contributed by atoms with Gasteiger partial charge in [0.1, 0.15) is 10.6 Å². The maximum atomic E-state index is 13.0. The zero-order valence-corrected chi connectivity index (χ0v) is 13.4. The third-order valence-corrected chi connectivity index (χ3v) is 7.03. The van der Waals surface area contributed by atoms with Crippen LogP contribution in [0.5, 0.6) is 0 Å². The Labute approximate surface area is 130 Å². The molecule has 0 unspecified atom stereocenters. The van der Waals surface area contributed by atoms with E-state index in [1.165, 1.54) is 19.1 Å². The lowest BCUT2D eigenvalue weighted by Crippen LogP contribution is -2.56. The fraction of sp³-hybridized carbons (Fsp3) is 0.500. The Morgan fingerprint density at radius 1 is 1.27 bits per heavy atom. The van der Waals surface area contributed by atoms with E-state index in [2.05, 4.69) is 0 Å². The number of carbonyl (C=O) groups is 1. The molecule has 1 saturated heterocycles. The number of Topliss-reactive ketones (excluding diaryl/α,β-unsaturated/α-hetero) is 1. The third-order valence-electron chi connectivity index (χ3n) is 4.41. The van der Waals surface area contributed by atoms with E-state index in [4.69, 9.17) is 0 Å². The molecule has 1 aliphatic heterocycles. The van der Waals surface area contributed by atoms with E-state index in [0.717, 1.165) is 12.1 Å². The molecule has 5 nitrogen and oxygen atoms in total. The summed E-state index contributed by atoms with van der Waals surface area (Å²) in [6.45, 7) is 3.52. The third kappa shape index (κ3) is 2.82. The standard InChI is InChI=1S/C14H19BFNO4S/c1-11(18)14(7-9-17(10-8-14)15(2)19)22(20,21)13-5-3-12(16)4-6-13/h3-6,19H,7-10H2,1-2H3. The van der Waals surface area contributed by atoms with Crippen LogP contribution in [-0.2, 0) is 14.6 Å². The van der Waals surface area contributed by atoms with E-state index in [-0.39, 0.29) is 17.7 Å². The zero-order valence-electron chi connectivity index (χ0n) is 12.6. The minimum atomic E-state index is -3.91. The lowest BCUT2D eigenvalue weighted by molar-refractivity contribution is -0.120. The molecule has 0 radical (unpaired) electrons. The van der Waals surface area contributed by atoms with Crippen molar-refractivity contribution in [2.24, 2.45) is 0 Å². The van der Waals surface area contributed by atoms with Crippen LogP contribution in [0.4, 0.5) is 4.39 Å². The molecule has 1 fully saturated rings. The van der Waals surface area contributed by atoms with Gasteiger partial charge in [-0.2, -0.15) is 0 Å². The van der Waals surface area contributed by atoms with Crippen LogP contribution in [-0.4, -0.2) is 48.9 Å². The summed E-state index contributed by atoms with van der Waals surface area (Å²) in [4.78, 5) is 13.8. The maximum Gasteiger partial charge on any atom is 0.376 e. The van der Waals surface area contributed by atoms with Gasteiger partial charge >= 0.3 is 7.05 Å². The molecule has 1 aliphatic rings. The summed E-state index contributed by atoms with van der Waals surface area (Å²) in [5.41, 5.74) is 0. The summed E-state index contributed by atoms with van der Waals surface area (Å²) >= 11 is 0. The molecule has 0 atom stereocenters. The highest BCUT2D eigenvalue weighted by Gasteiger charge is 2.51. The van der Waals surface area contributed by atoms with Crippen LogP contribution in [0, 0.1) is 5.82 Å². The number of rotatable bonds is 4. The van der Waals surface area contributed by atoms with Crippen molar-refractivity contribution in [3.8, 4) is 0 Å². The average Bonchev–Trinajstić information content (AvgIpc) is 2.47. The molecule has 1 aromatic carbocycles. The van der Waals surface area contributed by atoms with Crippen LogP contribution in [0.25, 0.3) is 0 Å². The molecule has 1 heterocycles. The van der Waals surface area contributed by atoms with Crippen LogP contribution in [0.1, 0.15) is 19.8 Å². The van der Waals surface area contributed by atoms with Crippen LogP contribution >= 0.6 is 0 Å². The fourth-order valence-corrected chi connectivity index (χ4v) is 4.95. The predicted octanol–water partition coefficient (Wildman–Crippen LogP) is 1.13. The monoisotopic (exact) mass is 327 g/mol. The van der Waals surface area contributed by atoms with E-state index in [1.54, 1.807) is 11.6 Å². The molecule has 1 N–H and O–H groups in total. The second kappa shape index (κ2) is 6.10. The number of carbonyl (C=O) groups excluding carboxylic acids is 1. The van der Waals surface area contributed by atoms with E-state index in [1.807, 2.05) is 0 Å². The van der Waals surface area contributed by atoms with Crippen molar-refractivity contribution in [1.29, 1.82) is 0 Å². The normalized spacial score (nSPS) is 18.9. The predicted molar refractivity (Wildman–Crippen MR) is 81.6 cm³/mol. The summed E-state index contributed by atoms with van der Waals surface area (Å²) in [7, 11) is -4.60. The lowest BCUT2D eigenvalue weighted by Gasteiger charge is -2.40. The Bertz CT molecular complexity index is 652. The van der Waals surface area contributed by atoms with E-state index in [0.29, 0.717) is 13.1 Å². The van der Waals surface area contributed by atoms with Crippen LogP contribution < -0.4 is 0 Å². The molecule has 0 aromatic heterocycles. The maximum absolute atomic E-state index is 13.0. The summed E-state index contributed by atoms with van der Waals surface area (Å²) in [6.07, 6.45) is 0.236. The first-order chi connectivity index (χ1) is 10.2. The van der Waals surface area contributed by atoms with Crippen molar-refractivity contribution in [3.05, 3.63) is 30.1 Å². The number of benzene rings is 1. The number of nitrogens with zero attached hydrogens (tertiary/aromatic N) is 1. The SMILES string of the molecule is CB(O)N1CCC(C(C)=O)(S(=O)(=O)c2ccc(F)cc2)CC1. The largest absolute Gasteiger partial charge is 0.437 e. The molecule has 0 bridgehead atoms. The van der Waals surface area contributed by atoms with Crippen molar-refractivity contribution >= 4 is 22.7 Å². The van der Waals surface area contributed by atoms with E-state index < -0.39 is 33.2 Å². The van der Waals surface area contributed by atoms with Crippen LogP contribution in [0.2, 0.25) is 6.82 Å². The second-order valence-electron chi connectivity index (χ2n) is 5.68. The molecule has 0 aliphatic carbocycles. The molecule has 1 aromatic rings. The Morgan fingerprint density at radius 3 is 2.18 bits per heavy atom. The minimum absolute atomic E-state index is 0.0467. The first-order valence-corrected chi connectivity index (χ1v) is 8.62. The molecule has 0 amide bonds. The highest BCUT2D eigenvalue weighted by atomic mass is 32.2. The summed E-state index contributed by atoms with van der Waals surface area (Å²) in [5, 5.41) is 9.59. The van der Waals surface area contributed by atoms with E-state index >= 15 is 0 Å². The Kier molecular flexibility index (Phi) is 4.74. The van der Waals surface area contributed by atoms with Gasteiger partial charge in [0, 0.05) is 0 Å². The molecule has 2 rings (SSSR count). The van der Waals surface area contributed by atoms with Crippen LogP contribution in [0.15, 0.2) is 29.2 Å². The number of sulfone groups is 1. The first-order valence-electron chi connectivity index (χ1n) is 7.14. The Morgan fingerprint density at radius 2 is 1.77 bits per heavy atom. The summed E-state index contributed by atoms with van der Waals surface area (Å²) < 4.78 is 37.3. The number of piperidine rings is 1. The summed E-state index contributed by atoms with van der Waals surface area (Å²) in [6, 6.07) is 4.53. The molecule has 0 saturated carbocycles. The Balaban J connectivity index is 2.40. The smallest absolute Gasteiger partial charge is 0.376 e. The second-order valence-corrected chi connectivity index (χ2v) is 7.94. The van der Waals surface area contributed by atoms with Gasteiger partial charge in [0.05, 0.1) is 4.90 Å². The highest BCUT2D eigenvalue weighted by Crippen LogP contribution is 2.36. The molecular formula is C14H19BFNO4S. The number of ketones is 1. The zero-order chi connectivity index (χ0) is 16.5. The molecular weight excluding hydrogens is 308 g/mol. The quantitative estimate of drug-likeness (QED) is 0.663. The first kappa shape index (κ1) is 17.1. The van der Waals surface area contributed by atoms with Crippen molar-refractivity contribution in [3.63, 3.8) is 0 Å². The average molecular weight is 327 g/mol. The number of halogens is 1. The molecule has 0 spiro atoms. The van der Waals surface area contributed by atoms with E-state index in [9.17, 15) is 22.6 Å². The van der Waals surface area contributed by atoms with Gasteiger partial charge in [-0.05, 0) is 63.9 Å². The topological polar surface area (TPSA) is 74.7 Å². The highest BCUT2D eigenvalue weighted by molar-refractivity contribution is 7.93. The number of hydrogen-bond acceptors (Lipinski definition) is 5. The molecule has 8 heteroatoms. The molecule has 22 heavy (non-hydrogen) atoms. The van der Waals surface area contributed by atoms with Gasteiger partial charge in [0.25, 0.3) is 0 Å². The van der Waals surface area contributed by atoms with Crippen molar-refractivity contribution < 1.29 is 22.6 Å². The van der Waals surface area contributed by atoms with Crippen molar-refractivity contribution in [2.45, 2.75) is 36.2 Å².